The highest BCUT2D eigenvalue weighted by molar-refractivity contribution is 9.10. The molecule has 3 heteroatoms. The van der Waals surface area contributed by atoms with Gasteiger partial charge in [-0.2, -0.15) is 0 Å². The second kappa shape index (κ2) is 3.60. The number of hydrogen-bond donors (Lipinski definition) is 0. The summed E-state index contributed by atoms with van der Waals surface area (Å²) >= 11 is 3.45. The largest absolute Gasteiger partial charge is 0.323 e. The van der Waals surface area contributed by atoms with Gasteiger partial charge in [0.05, 0.1) is 0 Å². The van der Waals surface area contributed by atoms with Crippen molar-refractivity contribution in [3.05, 3.63) is 17.1 Å². The van der Waals surface area contributed by atoms with E-state index >= 15 is 0 Å². The number of imidazole rings is 1. The molecular formula is C9H13BrN2. The van der Waals surface area contributed by atoms with Crippen molar-refractivity contribution in [1.29, 1.82) is 0 Å². The van der Waals surface area contributed by atoms with E-state index in [9.17, 15) is 0 Å². The highest BCUT2D eigenvalue weighted by atomic mass is 79.9. The molecule has 0 spiro atoms. The van der Waals surface area contributed by atoms with Gasteiger partial charge in [0.1, 0.15) is 0 Å². The first kappa shape index (κ1) is 8.30. The Kier molecular flexibility index (Phi) is 2.49. The van der Waals surface area contributed by atoms with Crippen LogP contribution in [0.3, 0.4) is 0 Å². The number of nitrogens with zero attached hydrogens (tertiary/aromatic N) is 2. The number of hydrogen-bond acceptors (Lipinski definition) is 1. The minimum absolute atomic E-state index is 0.690. The van der Waals surface area contributed by atoms with E-state index in [2.05, 4.69) is 31.7 Å². The average molecular weight is 229 g/mol. The van der Waals surface area contributed by atoms with E-state index < -0.39 is 0 Å². The maximum atomic E-state index is 4.17. The standard InChI is InChI=1S/C9H13BrN2/c10-9-11-6-7-12(9)8-4-2-1-3-5-8/h6-8H,1-5H2. The zero-order valence-electron chi connectivity index (χ0n) is 7.04. The molecule has 2 nitrogen and oxygen atoms in total. The predicted octanol–water partition coefficient (Wildman–Crippen LogP) is 3.15. The van der Waals surface area contributed by atoms with E-state index in [-0.39, 0.29) is 0 Å². The third kappa shape index (κ3) is 1.56. The van der Waals surface area contributed by atoms with E-state index in [1.807, 2.05) is 6.20 Å². The lowest BCUT2D eigenvalue weighted by Gasteiger charge is -2.23. The molecule has 0 amide bonds. The van der Waals surface area contributed by atoms with Crippen LogP contribution in [-0.2, 0) is 0 Å². The summed E-state index contributed by atoms with van der Waals surface area (Å²) in [6, 6.07) is 0.690. The molecule has 0 unspecified atom stereocenters. The fraction of sp³-hybridized carbons (Fsp3) is 0.667. The lowest BCUT2D eigenvalue weighted by Crippen LogP contribution is -2.11. The van der Waals surface area contributed by atoms with E-state index in [0.717, 1.165) is 4.73 Å². The van der Waals surface area contributed by atoms with Crippen LogP contribution in [0.15, 0.2) is 17.1 Å². The summed E-state index contributed by atoms with van der Waals surface area (Å²) in [5.41, 5.74) is 0. The Morgan fingerprint density at radius 2 is 2.08 bits per heavy atom. The molecule has 1 aromatic heterocycles. The smallest absolute Gasteiger partial charge is 0.177 e. The molecule has 1 aliphatic carbocycles. The zero-order chi connectivity index (χ0) is 8.39. The number of aromatic nitrogens is 2. The maximum Gasteiger partial charge on any atom is 0.177 e. The summed E-state index contributed by atoms with van der Waals surface area (Å²) in [6.07, 6.45) is 10.7. The van der Waals surface area contributed by atoms with Gasteiger partial charge in [-0.3, -0.25) is 0 Å². The fourth-order valence-corrected chi connectivity index (χ4v) is 2.45. The zero-order valence-corrected chi connectivity index (χ0v) is 8.63. The molecule has 0 aliphatic heterocycles. The van der Waals surface area contributed by atoms with Gasteiger partial charge in [-0.25, -0.2) is 4.98 Å². The highest BCUT2D eigenvalue weighted by Crippen LogP contribution is 2.29. The van der Waals surface area contributed by atoms with Crippen molar-refractivity contribution < 1.29 is 0 Å². The minimum atomic E-state index is 0.690. The van der Waals surface area contributed by atoms with Gasteiger partial charge in [-0.1, -0.05) is 19.3 Å². The first-order chi connectivity index (χ1) is 5.88. The Morgan fingerprint density at radius 1 is 1.33 bits per heavy atom. The van der Waals surface area contributed by atoms with Gasteiger partial charge in [0, 0.05) is 18.4 Å². The van der Waals surface area contributed by atoms with Crippen LogP contribution < -0.4 is 0 Å². The molecule has 2 rings (SSSR count). The first-order valence-electron chi connectivity index (χ1n) is 4.56. The van der Waals surface area contributed by atoms with Gasteiger partial charge >= 0.3 is 0 Å². The van der Waals surface area contributed by atoms with Crippen molar-refractivity contribution >= 4 is 15.9 Å². The van der Waals surface area contributed by atoms with Gasteiger partial charge in [0.15, 0.2) is 4.73 Å². The Hall–Kier alpha value is -0.310. The summed E-state index contributed by atoms with van der Waals surface area (Å²) in [5, 5.41) is 0. The summed E-state index contributed by atoms with van der Waals surface area (Å²) in [4.78, 5) is 4.17. The van der Waals surface area contributed by atoms with Gasteiger partial charge in [-0.05, 0) is 28.8 Å². The molecular weight excluding hydrogens is 216 g/mol. The molecule has 12 heavy (non-hydrogen) atoms. The van der Waals surface area contributed by atoms with Crippen molar-refractivity contribution in [1.82, 2.24) is 9.55 Å². The highest BCUT2D eigenvalue weighted by Gasteiger charge is 2.16. The molecule has 0 N–H and O–H groups in total. The van der Waals surface area contributed by atoms with Crippen LogP contribution in [0.5, 0.6) is 0 Å². The van der Waals surface area contributed by atoms with E-state index in [4.69, 9.17) is 0 Å². The van der Waals surface area contributed by atoms with Crippen LogP contribution in [-0.4, -0.2) is 9.55 Å². The molecule has 1 saturated carbocycles. The van der Waals surface area contributed by atoms with Gasteiger partial charge < -0.3 is 4.57 Å². The van der Waals surface area contributed by atoms with Crippen molar-refractivity contribution in [2.24, 2.45) is 0 Å². The van der Waals surface area contributed by atoms with Crippen molar-refractivity contribution in [2.75, 3.05) is 0 Å². The molecule has 1 aliphatic rings. The normalized spacial score (nSPS) is 19.8. The summed E-state index contributed by atoms with van der Waals surface area (Å²) in [7, 11) is 0. The van der Waals surface area contributed by atoms with E-state index in [0.29, 0.717) is 6.04 Å². The molecule has 1 aromatic rings. The lowest BCUT2D eigenvalue weighted by atomic mass is 9.95. The molecule has 0 aromatic carbocycles. The Bertz CT molecular complexity index is 251. The topological polar surface area (TPSA) is 17.8 Å². The van der Waals surface area contributed by atoms with Gasteiger partial charge in [-0.15, -0.1) is 0 Å². The third-order valence-electron chi connectivity index (χ3n) is 2.59. The van der Waals surface area contributed by atoms with Crippen LogP contribution >= 0.6 is 15.9 Å². The van der Waals surface area contributed by atoms with Crippen molar-refractivity contribution in [3.8, 4) is 0 Å². The number of halogens is 1. The van der Waals surface area contributed by atoms with Crippen molar-refractivity contribution in [3.63, 3.8) is 0 Å². The van der Waals surface area contributed by atoms with Crippen molar-refractivity contribution in [2.45, 2.75) is 38.1 Å². The summed E-state index contributed by atoms with van der Waals surface area (Å²) in [6.45, 7) is 0. The molecule has 0 radical (unpaired) electrons. The van der Waals surface area contributed by atoms with Crippen LogP contribution in [0.1, 0.15) is 38.1 Å². The SMILES string of the molecule is Brc1nccn1C1CCCCC1. The van der Waals surface area contributed by atoms with Gasteiger partial charge in [0.2, 0.25) is 0 Å². The Labute approximate surface area is 81.1 Å². The number of rotatable bonds is 1. The molecule has 0 bridgehead atoms. The van der Waals surface area contributed by atoms with Crippen LogP contribution in [0, 0.1) is 0 Å². The van der Waals surface area contributed by atoms with Crippen LogP contribution in [0.2, 0.25) is 0 Å². The molecule has 0 atom stereocenters. The van der Waals surface area contributed by atoms with E-state index in [1.54, 1.807) is 0 Å². The fourth-order valence-electron chi connectivity index (χ4n) is 1.93. The van der Waals surface area contributed by atoms with Crippen LogP contribution in [0.4, 0.5) is 0 Å². The summed E-state index contributed by atoms with van der Waals surface area (Å²) < 4.78 is 3.23. The summed E-state index contributed by atoms with van der Waals surface area (Å²) in [5.74, 6) is 0. The molecule has 66 valence electrons. The average Bonchev–Trinajstić information content (AvgIpc) is 2.53. The minimum Gasteiger partial charge on any atom is -0.323 e. The maximum absolute atomic E-state index is 4.17. The third-order valence-corrected chi connectivity index (χ3v) is 3.20. The second-order valence-electron chi connectivity index (χ2n) is 3.40. The first-order valence-corrected chi connectivity index (χ1v) is 5.35. The van der Waals surface area contributed by atoms with E-state index in [1.165, 1.54) is 32.1 Å². The quantitative estimate of drug-likeness (QED) is 0.723. The lowest BCUT2D eigenvalue weighted by molar-refractivity contribution is 0.349. The Balaban J connectivity index is 2.13. The van der Waals surface area contributed by atoms with Gasteiger partial charge in [0.25, 0.3) is 0 Å². The predicted molar refractivity (Wildman–Crippen MR) is 52.0 cm³/mol. The molecule has 1 fully saturated rings. The Morgan fingerprint density at radius 3 is 2.67 bits per heavy atom. The second-order valence-corrected chi connectivity index (χ2v) is 4.10. The monoisotopic (exact) mass is 228 g/mol. The molecule has 1 heterocycles. The van der Waals surface area contributed by atoms with Crippen LogP contribution in [0.25, 0.3) is 0 Å². The molecule has 0 saturated heterocycles.